The molecule has 6 nitrogen and oxygen atoms in total. The molecule has 190 valence electrons. The third-order valence-corrected chi connectivity index (χ3v) is 8.76. The molecule has 37 heavy (non-hydrogen) atoms. The van der Waals surface area contributed by atoms with Gasteiger partial charge in [0.05, 0.1) is 16.2 Å². The molecule has 3 heterocycles. The molecule has 1 saturated carbocycles. The fraction of sp³-hybridized carbons (Fsp3) is 0.333. The number of piperazine rings is 1. The number of aliphatic hydroxyl groups is 1. The van der Waals surface area contributed by atoms with Crippen LogP contribution in [0.5, 0.6) is 0 Å². The van der Waals surface area contributed by atoms with Gasteiger partial charge >= 0.3 is 0 Å². The van der Waals surface area contributed by atoms with Crippen molar-refractivity contribution in [3.8, 4) is 32.3 Å². The van der Waals surface area contributed by atoms with Crippen molar-refractivity contribution in [1.82, 2.24) is 14.9 Å². The van der Waals surface area contributed by atoms with E-state index < -0.39 is 11.1 Å². The van der Waals surface area contributed by atoms with E-state index in [9.17, 15) is 5.11 Å². The van der Waals surface area contributed by atoms with Crippen LogP contribution in [-0.4, -0.2) is 58.8 Å². The number of hydrogen-bond acceptors (Lipinski definition) is 7. The topological polar surface area (TPSA) is 78.5 Å². The summed E-state index contributed by atoms with van der Waals surface area (Å²) in [4.78, 5) is 15.7. The van der Waals surface area contributed by atoms with Crippen LogP contribution >= 0.6 is 11.3 Å². The van der Waals surface area contributed by atoms with E-state index in [1.807, 2.05) is 19.2 Å². The molecule has 4 aromatic rings. The standard InChI is InChI=1S/C30H33N5OS/c1-29(36)19-30(31,20-29)24-10-8-21(9-11-24)26-27(22-6-4-3-5-7-22)37-28(33-26)23-12-13-32-25(18-23)35-16-14-34(2)15-17-35/h3-13,18,36H,14-17,19-20,31H2,1-2H3/t29-,30+. The Labute approximate surface area is 222 Å². The molecule has 2 aliphatic rings. The molecule has 1 aliphatic carbocycles. The molecule has 6 rings (SSSR count). The Hall–Kier alpha value is -3.10. The highest BCUT2D eigenvalue weighted by Gasteiger charge is 2.49. The molecular weight excluding hydrogens is 478 g/mol. The second-order valence-electron chi connectivity index (χ2n) is 10.8. The predicted octanol–water partition coefficient (Wildman–Crippen LogP) is 4.99. The quantitative estimate of drug-likeness (QED) is 0.393. The van der Waals surface area contributed by atoms with E-state index in [1.54, 1.807) is 11.3 Å². The van der Waals surface area contributed by atoms with Crippen molar-refractivity contribution in [2.24, 2.45) is 5.73 Å². The fourth-order valence-corrected chi connectivity index (χ4v) is 6.75. The zero-order chi connectivity index (χ0) is 25.6. The maximum atomic E-state index is 10.2. The van der Waals surface area contributed by atoms with Gasteiger partial charge in [0.1, 0.15) is 10.8 Å². The Morgan fingerprint density at radius 2 is 1.59 bits per heavy atom. The fourth-order valence-electron chi connectivity index (χ4n) is 5.66. The third-order valence-electron chi connectivity index (χ3n) is 7.61. The van der Waals surface area contributed by atoms with Crippen LogP contribution in [0.25, 0.3) is 32.3 Å². The summed E-state index contributed by atoms with van der Waals surface area (Å²) < 4.78 is 0. The number of pyridine rings is 1. The zero-order valence-corrected chi connectivity index (χ0v) is 22.2. The van der Waals surface area contributed by atoms with Crippen molar-refractivity contribution >= 4 is 17.2 Å². The van der Waals surface area contributed by atoms with Gasteiger partial charge < -0.3 is 20.6 Å². The van der Waals surface area contributed by atoms with E-state index in [1.165, 1.54) is 0 Å². The highest BCUT2D eigenvalue weighted by atomic mass is 32.1. The molecule has 2 aromatic heterocycles. The molecule has 2 aromatic carbocycles. The van der Waals surface area contributed by atoms with Gasteiger partial charge in [-0.3, -0.25) is 0 Å². The number of anilines is 1. The summed E-state index contributed by atoms with van der Waals surface area (Å²) in [5.41, 5.74) is 10.8. The monoisotopic (exact) mass is 511 g/mol. The van der Waals surface area contributed by atoms with Crippen LogP contribution in [0, 0.1) is 0 Å². The number of rotatable bonds is 5. The van der Waals surface area contributed by atoms with E-state index in [0.717, 1.165) is 69.8 Å². The normalized spacial score (nSPS) is 24.2. The van der Waals surface area contributed by atoms with E-state index >= 15 is 0 Å². The maximum absolute atomic E-state index is 10.2. The molecule has 0 spiro atoms. The highest BCUT2D eigenvalue weighted by Crippen LogP contribution is 2.47. The number of nitrogens with zero attached hydrogens (tertiary/aromatic N) is 4. The first-order valence-corrected chi connectivity index (χ1v) is 13.7. The molecule has 7 heteroatoms. The van der Waals surface area contributed by atoms with Crippen LogP contribution in [0.15, 0.2) is 72.9 Å². The summed E-state index contributed by atoms with van der Waals surface area (Å²) >= 11 is 1.72. The molecule has 0 amide bonds. The smallest absolute Gasteiger partial charge is 0.129 e. The van der Waals surface area contributed by atoms with Gasteiger partial charge in [-0.25, -0.2) is 9.97 Å². The van der Waals surface area contributed by atoms with Crippen molar-refractivity contribution in [3.05, 3.63) is 78.5 Å². The molecule has 1 saturated heterocycles. The molecule has 3 N–H and O–H groups in total. The van der Waals surface area contributed by atoms with Crippen molar-refractivity contribution in [1.29, 1.82) is 0 Å². The minimum absolute atomic E-state index is 0.464. The number of thiazole rings is 1. The van der Waals surface area contributed by atoms with Gasteiger partial charge in [-0.1, -0.05) is 54.6 Å². The predicted molar refractivity (Wildman–Crippen MR) is 152 cm³/mol. The van der Waals surface area contributed by atoms with Gasteiger partial charge in [0, 0.05) is 49.0 Å². The second kappa shape index (κ2) is 9.33. The number of hydrogen-bond donors (Lipinski definition) is 2. The van der Waals surface area contributed by atoms with Crippen molar-refractivity contribution in [3.63, 3.8) is 0 Å². The van der Waals surface area contributed by atoms with Crippen molar-refractivity contribution < 1.29 is 5.11 Å². The first kappa shape index (κ1) is 24.2. The highest BCUT2D eigenvalue weighted by molar-refractivity contribution is 7.19. The van der Waals surface area contributed by atoms with Crippen LogP contribution in [0.3, 0.4) is 0 Å². The molecular formula is C30H33N5OS. The minimum Gasteiger partial charge on any atom is -0.390 e. The minimum atomic E-state index is -0.675. The SMILES string of the molecule is CN1CCN(c2cc(-c3nc(-c4ccc([C@]5(N)C[C@@](C)(O)C5)cc4)c(-c4ccccc4)s3)ccn2)CC1. The average Bonchev–Trinajstić information content (AvgIpc) is 3.34. The van der Waals surface area contributed by atoms with Crippen molar-refractivity contribution in [2.45, 2.75) is 30.9 Å². The lowest BCUT2D eigenvalue weighted by Gasteiger charge is -2.49. The van der Waals surface area contributed by atoms with Crippen LogP contribution in [0.4, 0.5) is 5.82 Å². The number of benzene rings is 2. The number of likely N-dealkylation sites (N-methyl/N-ethyl adjacent to an activating group) is 1. The van der Waals surface area contributed by atoms with Crippen LogP contribution < -0.4 is 10.6 Å². The van der Waals surface area contributed by atoms with E-state index in [0.29, 0.717) is 12.8 Å². The van der Waals surface area contributed by atoms with E-state index in [4.69, 9.17) is 10.7 Å². The lowest BCUT2D eigenvalue weighted by Crippen LogP contribution is -2.58. The maximum Gasteiger partial charge on any atom is 0.129 e. The Balaban J connectivity index is 1.36. The first-order chi connectivity index (χ1) is 17.8. The molecule has 0 radical (unpaired) electrons. The third kappa shape index (κ3) is 4.80. The first-order valence-electron chi connectivity index (χ1n) is 12.9. The second-order valence-corrected chi connectivity index (χ2v) is 11.8. The largest absolute Gasteiger partial charge is 0.390 e. The number of nitrogens with two attached hydrogens (primary N) is 1. The summed E-state index contributed by atoms with van der Waals surface area (Å²) in [7, 11) is 2.17. The van der Waals surface area contributed by atoms with Gasteiger partial charge in [0.25, 0.3) is 0 Å². The summed E-state index contributed by atoms with van der Waals surface area (Å²) in [5, 5.41) is 11.2. The number of aromatic nitrogens is 2. The summed E-state index contributed by atoms with van der Waals surface area (Å²) in [6, 6.07) is 23.1. The summed E-state index contributed by atoms with van der Waals surface area (Å²) in [6.45, 7) is 5.90. The molecule has 1 aliphatic heterocycles. The van der Waals surface area contributed by atoms with Crippen LogP contribution in [-0.2, 0) is 5.54 Å². The zero-order valence-electron chi connectivity index (χ0n) is 21.4. The van der Waals surface area contributed by atoms with E-state index in [2.05, 4.69) is 82.5 Å². The average molecular weight is 512 g/mol. The summed E-state index contributed by atoms with van der Waals surface area (Å²) in [5.74, 6) is 1.01. The van der Waals surface area contributed by atoms with Crippen LogP contribution in [0.1, 0.15) is 25.3 Å². The van der Waals surface area contributed by atoms with Gasteiger partial charge in [0.15, 0.2) is 0 Å². The Morgan fingerprint density at radius 3 is 2.27 bits per heavy atom. The Morgan fingerprint density at radius 1 is 0.892 bits per heavy atom. The molecule has 2 fully saturated rings. The van der Waals surface area contributed by atoms with Gasteiger partial charge in [-0.15, -0.1) is 11.3 Å². The van der Waals surface area contributed by atoms with Crippen molar-refractivity contribution in [2.75, 3.05) is 38.1 Å². The molecule has 0 unspecified atom stereocenters. The van der Waals surface area contributed by atoms with Gasteiger partial charge in [-0.05, 0) is 50.1 Å². The van der Waals surface area contributed by atoms with Gasteiger partial charge in [0.2, 0.25) is 0 Å². The Kier molecular flexibility index (Phi) is 6.12. The summed E-state index contributed by atoms with van der Waals surface area (Å²) in [6.07, 6.45) is 3.05. The lowest BCUT2D eigenvalue weighted by atomic mass is 9.63. The van der Waals surface area contributed by atoms with Crippen LogP contribution in [0.2, 0.25) is 0 Å². The Bertz CT molecular complexity index is 1380. The molecule has 0 bridgehead atoms. The van der Waals surface area contributed by atoms with E-state index in [-0.39, 0.29) is 0 Å². The molecule has 0 atom stereocenters. The lowest BCUT2D eigenvalue weighted by molar-refractivity contribution is -0.0738. The van der Waals surface area contributed by atoms with Gasteiger partial charge in [-0.2, -0.15) is 0 Å².